The summed E-state index contributed by atoms with van der Waals surface area (Å²) in [5.41, 5.74) is 5.85. The number of fused-ring (bicyclic) bond motifs is 1. The quantitative estimate of drug-likeness (QED) is 0.253. The molecule has 7 nitrogen and oxygen atoms in total. The molecule has 1 aliphatic rings. The van der Waals surface area contributed by atoms with Gasteiger partial charge in [-0.15, -0.1) is 0 Å². The van der Waals surface area contributed by atoms with E-state index in [0.29, 0.717) is 23.7 Å². The summed E-state index contributed by atoms with van der Waals surface area (Å²) in [5, 5.41) is 2.77. The topological polar surface area (TPSA) is 95.7 Å². The molecule has 41 heavy (non-hydrogen) atoms. The van der Waals surface area contributed by atoms with E-state index in [0.717, 1.165) is 11.6 Å². The van der Waals surface area contributed by atoms with Crippen molar-refractivity contribution in [2.75, 3.05) is 20.7 Å². The number of nitrogens with two attached hydrogens (primary N) is 1. The van der Waals surface area contributed by atoms with Crippen LogP contribution in [0.15, 0.2) is 66.7 Å². The van der Waals surface area contributed by atoms with Gasteiger partial charge in [-0.2, -0.15) is 0 Å². The number of carbonyl (C=O) groups is 1. The number of benzene rings is 3. The fourth-order valence-corrected chi connectivity index (χ4v) is 5.59. The van der Waals surface area contributed by atoms with Crippen LogP contribution < -0.4 is 25.3 Å². The van der Waals surface area contributed by atoms with Crippen molar-refractivity contribution in [2.45, 2.75) is 25.0 Å². The van der Waals surface area contributed by atoms with Gasteiger partial charge >= 0.3 is 0 Å². The molecule has 3 aromatic carbocycles. The SMILES string of the molecule is CNC[C@]1(c2cccc(OCc3ccccc3)n2)Oc2cc(F)c(Cl)c(-c3c(C(N)=O)ccc(OC)c3F)c2[C@@H]1C. The molecule has 212 valence electrons. The Kier molecular flexibility index (Phi) is 7.84. The smallest absolute Gasteiger partial charge is 0.249 e. The zero-order chi connectivity index (χ0) is 29.3. The molecule has 2 atom stereocenters. The van der Waals surface area contributed by atoms with Crippen LogP contribution in [0.1, 0.15) is 40.0 Å². The summed E-state index contributed by atoms with van der Waals surface area (Å²) in [4.78, 5) is 17.1. The van der Waals surface area contributed by atoms with Crippen molar-refractivity contribution < 1.29 is 27.8 Å². The number of hydrogen-bond donors (Lipinski definition) is 2. The Bertz CT molecular complexity index is 1620. The van der Waals surface area contributed by atoms with E-state index in [1.165, 1.54) is 19.2 Å². The second-order valence-electron chi connectivity index (χ2n) is 9.71. The monoisotopic (exact) mass is 579 g/mol. The van der Waals surface area contributed by atoms with Gasteiger partial charge in [-0.05, 0) is 30.8 Å². The first-order valence-electron chi connectivity index (χ1n) is 12.9. The van der Waals surface area contributed by atoms with Crippen molar-refractivity contribution in [2.24, 2.45) is 5.73 Å². The highest BCUT2D eigenvalue weighted by Gasteiger charge is 2.51. The molecule has 0 saturated carbocycles. The Morgan fingerprint density at radius 1 is 1.12 bits per heavy atom. The number of nitrogens with zero attached hydrogens (tertiary/aromatic N) is 1. The minimum Gasteiger partial charge on any atom is -0.494 e. The Balaban J connectivity index is 1.65. The summed E-state index contributed by atoms with van der Waals surface area (Å²) in [5.74, 6) is -2.86. The standard InChI is InChI=1S/C31H28ClF2N3O4/c1-17-25-22(14-20(33)28(32)27(25)26-19(30(35)38)12-13-21(39-3)29(26)34)41-31(17,16-36-2)23-10-7-11-24(37-23)40-15-18-8-5-4-6-9-18/h4-14,17,36H,15-16H2,1-3H3,(H2,35,38)/t17-,31-/m0/s1. The van der Waals surface area contributed by atoms with Gasteiger partial charge in [0.25, 0.3) is 0 Å². The molecule has 1 amide bonds. The van der Waals surface area contributed by atoms with Gasteiger partial charge < -0.3 is 25.3 Å². The zero-order valence-corrected chi connectivity index (χ0v) is 23.4. The normalized spacial score (nSPS) is 17.6. The summed E-state index contributed by atoms with van der Waals surface area (Å²) < 4.78 is 48.8. The Morgan fingerprint density at radius 2 is 1.88 bits per heavy atom. The fourth-order valence-electron chi connectivity index (χ4n) is 5.34. The third-order valence-electron chi connectivity index (χ3n) is 7.31. The molecule has 5 rings (SSSR count). The van der Waals surface area contributed by atoms with Gasteiger partial charge in [0.15, 0.2) is 17.2 Å². The first-order valence-corrected chi connectivity index (χ1v) is 13.3. The molecule has 0 saturated heterocycles. The van der Waals surface area contributed by atoms with Crippen LogP contribution >= 0.6 is 11.6 Å². The van der Waals surface area contributed by atoms with E-state index >= 15 is 8.78 Å². The van der Waals surface area contributed by atoms with E-state index in [1.54, 1.807) is 25.2 Å². The molecular weight excluding hydrogens is 552 g/mol. The number of pyridine rings is 1. The molecule has 0 bridgehead atoms. The summed E-state index contributed by atoms with van der Waals surface area (Å²) in [6.45, 7) is 2.41. The number of nitrogens with one attached hydrogen (secondary N) is 1. The van der Waals surface area contributed by atoms with Gasteiger partial charge in [-0.1, -0.05) is 54.9 Å². The Labute approximate surface area is 241 Å². The fraction of sp³-hybridized carbons (Fsp3) is 0.226. The number of carbonyl (C=O) groups excluding carboxylic acids is 1. The molecular formula is C31H28ClF2N3O4. The molecule has 3 N–H and O–H groups in total. The number of likely N-dealkylation sites (N-methyl/N-ethyl adjacent to an activating group) is 1. The molecule has 0 aliphatic carbocycles. The Morgan fingerprint density at radius 3 is 2.56 bits per heavy atom. The van der Waals surface area contributed by atoms with E-state index in [-0.39, 0.29) is 39.8 Å². The van der Waals surface area contributed by atoms with Gasteiger partial charge in [-0.3, -0.25) is 4.79 Å². The van der Waals surface area contributed by atoms with E-state index in [2.05, 4.69) is 5.32 Å². The maximum absolute atomic E-state index is 15.8. The molecule has 2 heterocycles. The number of hydrogen-bond acceptors (Lipinski definition) is 6. The minimum absolute atomic E-state index is 0.0335. The van der Waals surface area contributed by atoms with E-state index in [4.69, 9.17) is 36.5 Å². The third kappa shape index (κ3) is 4.96. The van der Waals surface area contributed by atoms with Gasteiger partial charge in [-0.25, -0.2) is 13.8 Å². The molecule has 4 aromatic rings. The molecule has 0 spiro atoms. The van der Waals surface area contributed by atoms with Crippen molar-refractivity contribution in [3.63, 3.8) is 0 Å². The third-order valence-corrected chi connectivity index (χ3v) is 7.68. The van der Waals surface area contributed by atoms with Crippen LogP contribution in [0.3, 0.4) is 0 Å². The van der Waals surface area contributed by atoms with Crippen molar-refractivity contribution in [1.82, 2.24) is 10.3 Å². The van der Waals surface area contributed by atoms with Crippen LogP contribution in [0.25, 0.3) is 11.1 Å². The number of halogens is 3. The number of aromatic nitrogens is 1. The van der Waals surface area contributed by atoms with Gasteiger partial charge in [0.05, 0.1) is 23.4 Å². The van der Waals surface area contributed by atoms with Crippen LogP contribution in [0.2, 0.25) is 5.02 Å². The van der Waals surface area contributed by atoms with Gasteiger partial charge in [0.1, 0.15) is 18.2 Å². The summed E-state index contributed by atoms with van der Waals surface area (Å²) in [6.07, 6.45) is 0. The van der Waals surface area contributed by atoms with Crippen LogP contribution in [0.5, 0.6) is 17.4 Å². The lowest BCUT2D eigenvalue weighted by atomic mass is 9.79. The second kappa shape index (κ2) is 11.3. The lowest BCUT2D eigenvalue weighted by Crippen LogP contribution is -2.43. The maximum atomic E-state index is 15.8. The highest BCUT2D eigenvalue weighted by molar-refractivity contribution is 6.34. The van der Waals surface area contributed by atoms with Crippen molar-refractivity contribution in [3.8, 4) is 28.5 Å². The van der Waals surface area contributed by atoms with Crippen molar-refractivity contribution in [1.29, 1.82) is 0 Å². The van der Waals surface area contributed by atoms with E-state index in [9.17, 15) is 4.79 Å². The minimum atomic E-state index is -1.17. The molecule has 1 aromatic heterocycles. The average Bonchev–Trinajstić information content (AvgIpc) is 3.25. The van der Waals surface area contributed by atoms with Crippen LogP contribution in [-0.2, 0) is 12.2 Å². The molecule has 10 heteroatoms. The van der Waals surface area contributed by atoms with Gasteiger partial charge in [0.2, 0.25) is 11.8 Å². The van der Waals surface area contributed by atoms with Crippen molar-refractivity contribution >= 4 is 17.5 Å². The maximum Gasteiger partial charge on any atom is 0.249 e. The lowest BCUT2D eigenvalue weighted by Gasteiger charge is -2.33. The predicted octanol–water partition coefficient (Wildman–Crippen LogP) is 5.98. The van der Waals surface area contributed by atoms with Crippen molar-refractivity contribution in [3.05, 3.63) is 106 Å². The number of methoxy groups -OCH3 is 1. The Hall–Kier alpha value is -4.21. The largest absolute Gasteiger partial charge is 0.494 e. The first-order chi connectivity index (χ1) is 19.7. The predicted molar refractivity (Wildman–Crippen MR) is 152 cm³/mol. The molecule has 0 fully saturated rings. The van der Waals surface area contributed by atoms with E-state index < -0.39 is 29.1 Å². The zero-order valence-electron chi connectivity index (χ0n) is 22.6. The summed E-state index contributed by atoms with van der Waals surface area (Å²) in [7, 11) is 3.03. The highest BCUT2D eigenvalue weighted by Crippen LogP contribution is 2.56. The number of amides is 1. The molecule has 1 aliphatic heterocycles. The highest BCUT2D eigenvalue weighted by atomic mass is 35.5. The van der Waals surface area contributed by atoms with Crippen LogP contribution in [-0.4, -0.2) is 31.6 Å². The lowest BCUT2D eigenvalue weighted by molar-refractivity contribution is 0.0663. The second-order valence-corrected chi connectivity index (χ2v) is 10.1. The number of rotatable bonds is 9. The summed E-state index contributed by atoms with van der Waals surface area (Å²) >= 11 is 6.52. The molecule has 0 unspecified atom stereocenters. The van der Waals surface area contributed by atoms with Gasteiger partial charge in [0, 0.05) is 41.3 Å². The number of ether oxygens (including phenoxy) is 3. The van der Waals surface area contributed by atoms with Crippen LogP contribution in [0.4, 0.5) is 8.78 Å². The average molecular weight is 580 g/mol. The number of primary amides is 1. The van der Waals surface area contributed by atoms with E-state index in [1.807, 2.05) is 37.3 Å². The summed E-state index contributed by atoms with van der Waals surface area (Å²) in [6, 6.07) is 18.7. The van der Waals surface area contributed by atoms with Crippen LogP contribution in [0, 0.1) is 11.6 Å². The first kappa shape index (κ1) is 28.3. The molecule has 0 radical (unpaired) electrons.